The third-order valence-electron chi connectivity index (χ3n) is 3.19. The zero-order valence-electron chi connectivity index (χ0n) is 10.3. The van der Waals surface area contributed by atoms with Gasteiger partial charge in [-0.3, -0.25) is 0 Å². The lowest BCUT2D eigenvalue weighted by atomic mass is 10.1. The largest absolute Gasteiger partial charge is 0.478 e. The van der Waals surface area contributed by atoms with Crippen molar-refractivity contribution in [3.05, 3.63) is 23.8 Å². The molecular weight excluding hydrogens is 268 g/mol. The van der Waals surface area contributed by atoms with E-state index in [1.807, 2.05) is 0 Å². The normalized spacial score (nSPS) is 18.9. The van der Waals surface area contributed by atoms with Gasteiger partial charge in [0.2, 0.25) is 0 Å². The van der Waals surface area contributed by atoms with E-state index in [9.17, 15) is 13.2 Å². The van der Waals surface area contributed by atoms with Crippen LogP contribution in [0.4, 0.5) is 11.4 Å². The van der Waals surface area contributed by atoms with Crippen molar-refractivity contribution in [1.29, 1.82) is 0 Å². The zero-order chi connectivity index (χ0) is 14.0. The average Bonchev–Trinajstić information content (AvgIpc) is 2.31. The molecule has 1 aromatic carbocycles. The number of nitrogens with one attached hydrogen (secondary N) is 1. The lowest BCUT2D eigenvalue weighted by molar-refractivity contribution is 0.0698. The number of carbonyl (C=O) groups is 1. The molecule has 0 bridgehead atoms. The summed E-state index contributed by atoms with van der Waals surface area (Å²) >= 11 is 0. The van der Waals surface area contributed by atoms with Crippen molar-refractivity contribution in [2.45, 2.75) is 18.9 Å². The van der Waals surface area contributed by atoms with Crippen molar-refractivity contribution in [2.75, 3.05) is 22.6 Å². The molecule has 2 rings (SSSR count). The Labute approximate surface area is 111 Å². The standard InChI is InChI=1S/C12H16N2O4S/c13-8-1-2-10(12(15)16)11(7-8)14-9-3-5-19(17,18)6-4-9/h1-2,7,9,14H,3-6,13H2,(H,15,16). The van der Waals surface area contributed by atoms with Gasteiger partial charge in [0.05, 0.1) is 22.8 Å². The monoisotopic (exact) mass is 284 g/mol. The molecular formula is C12H16N2O4S. The molecule has 104 valence electrons. The maximum absolute atomic E-state index is 11.3. The third kappa shape index (κ3) is 3.37. The number of hydrogen-bond donors (Lipinski definition) is 3. The van der Waals surface area contributed by atoms with Crippen LogP contribution in [-0.4, -0.2) is 37.0 Å². The van der Waals surface area contributed by atoms with Crippen molar-refractivity contribution in [2.24, 2.45) is 0 Å². The van der Waals surface area contributed by atoms with Crippen molar-refractivity contribution < 1.29 is 18.3 Å². The third-order valence-corrected chi connectivity index (χ3v) is 4.90. The highest BCUT2D eigenvalue weighted by Crippen LogP contribution is 2.23. The van der Waals surface area contributed by atoms with Crippen molar-refractivity contribution in [3.63, 3.8) is 0 Å². The summed E-state index contributed by atoms with van der Waals surface area (Å²) in [5.74, 6) is -0.768. The molecule has 1 aliphatic rings. The Balaban J connectivity index is 2.15. The van der Waals surface area contributed by atoms with Crippen LogP contribution in [-0.2, 0) is 9.84 Å². The molecule has 0 unspecified atom stereocenters. The molecule has 0 radical (unpaired) electrons. The molecule has 0 amide bonds. The number of nitrogens with two attached hydrogens (primary N) is 1. The van der Waals surface area contributed by atoms with Gasteiger partial charge in [-0.15, -0.1) is 0 Å². The lowest BCUT2D eigenvalue weighted by Gasteiger charge is -2.24. The summed E-state index contributed by atoms with van der Waals surface area (Å²) < 4.78 is 22.7. The summed E-state index contributed by atoms with van der Waals surface area (Å²) in [7, 11) is -2.92. The number of carboxylic acids is 1. The average molecular weight is 284 g/mol. The minimum atomic E-state index is -2.92. The van der Waals surface area contributed by atoms with Gasteiger partial charge >= 0.3 is 5.97 Å². The summed E-state index contributed by atoms with van der Waals surface area (Å²) in [4.78, 5) is 11.1. The van der Waals surface area contributed by atoms with E-state index in [2.05, 4.69) is 5.32 Å². The van der Waals surface area contributed by atoms with Gasteiger partial charge in [-0.25, -0.2) is 13.2 Å². The Hall–Kier alpha value is -1.76. The quantitative estimate of drug-likeness (QED) is 0.713. The van der Waals surface area contributed by atoms with Crippen LogP contribution < -0.4 is 11.1 Å². The van der Waals surface area contributed by atoms with Crippen LogP contribution in [0.2, 0.25) is 0 Å². The minimum absolute atomic E-state index is 0.0385. The van der Waals surface area contributed by atoms with Crippen LogP contribution in [0.15, 0.2) is 18.2 Å². The number of hydrogen-bond acceptors (Lipinski definition) is 5. The summed E-state index contributed by atoms with van der Waals surface area (Å²) in [6.45, 7) is 0. The molecule has 0 saturated carbocycles. The Morgan fingerprint density at radius 1 is 1.32 bits per heavy atom. The molecule has 0 aliphatic carbocycles. The van der Waals surface area contributed by atoms with E-state index in [1.54, 1.807) is 6.07 Å². The van der Waals surface area contributed by atoms with Crippen LogP contribution >= 0.6 is 0 Å². The highest BCUT2D eigenvalue weighted by Gasteiger charge is 2.24. The van der Waals surface area contributed by atoms with Gasteiger partial charge in [-0.05, 0) is 31.0 Å². The zero-order valence-corrected chi connectivity index (χ0v) is 11.1. The molecule has 1 fully saturated rings. The number of carboxylic acid groups (broad SMARTS) is 1. The first-order valence-corrected chi connectivity index (χ1v) is 7.79. The van der Waals surface area contributed by atoms with E-state index < -0.39 is 15.8 Å². The van der Waals surface area contributed by atoms with Crippen molar-refractivity contribution >= 4 is 27.2 Å². The van der Waals surface area contributed by atoms with Gasteiger partial charge in [0, 0.05) is 11.7 Å². The second-order valence-corrected chi connectivity index (χ2v) is 6.98. The predicted octanol–water partition coefficient (Wildman–Crippen LogP) is 0.956. The number of anilines is 2. The molecule has 7 heteroatoms. The van der Waals surface area contributed by atoms with Crippen LogP contribution in [0.5, 0.6) is 0 Å². The van der Waals surface area contributed by atoms with E-state index >= 15 is 0 Å². The summed E-state index contributed by atoms with van der Waals surface area (Å²) in [6.07, 6.45) is 0.965. The Morgan fingerprint density at radius 2 is 1.95 bits per heavy atom. The molecule has 0 aromatic heterocycles. The van der Waals surface area contributed by atoms with E-state index in [0.29, 0.717) is 24.2 Å². The van der Waals surface area contributed by atoms with E-state index in [0.717, 1.165) is 0 Å². The molecule has 4 N–H and O–H groups in total. The number of rotatable bonds is 3. The second kappa shape index (κ2) is 5.08. The molecule has 1 saturated heterocycles. The summed E-state index contributed by atoms with van der Waals surface area (Å²) in [6, 6.07) is 4.50. The lowest BCUT2D eigenvalue weighted by Crippen LogP contribution is -2.32. The highest BCUT2D eigenvalue weighted by molar-refractivity contribution is 7.91. The number of benzene rings is 1. The second-order valence-electron chi connectivity index (χ2n) is 4.68. The first-order valence-electron chi connectivity index (χ1n) is 5.97. The molecule has 1 heterocycles. The van der Waals surface area contributed by atoms with Crippen LogP contribution in [0.3, 0.4) is 0 Å². The smallest absolute Gasteiger partial charge is 0.337 e. The Bertz CT molecular complexity index is 584. The highest BCUT2D eigenvalue weighted by atomic mass is 32.2. The molecule has 0 atom stereocenters. The molecule has 1 aliphatic heterocycles. The number of nitrogen functional groups attached to an aromatic ring is 1. The van der Waals surface area contributed by atoms with Crippen molar-refractivity contribution in [3.8, 4) is 0 Å². The van der Waals surface area contributed by atoms with Gasteiger partial charge in [-0.1, -0.05) is 0 Å². The maximum atomic E-state index is 11.3. The molecule has 6 nitrogen and oxygen atoms in total. The van der Waals surface area contributed by atoms with Gasteiger partial charge in [0.25, 0.3) is 0 Å². The Kier molecular flexibility index (Phi) is 3.66. The molecule has 0 spiro atoms. The fraction of sp³-hybridized carbons (Fsp3) is 0.417. The van der Waals surface area contributed by atoms with Gasteiger partial charge in [0.1, 0.15) is 9.84 Å². The molecule has 19 heavy (non-hydrogen) atoms. The summed E-state index contributed by atoms with van der Waals surface area (Å²) in [5.41, 5.74) is 6.70. The topological polar surface area (TPSA) is 109 Å². The number of sulfone groups is 1. The maximum Gasteiger partial charge on any atom is 0.337 e. The predicted molar refractivity (Wildman–Crippen MR) is 73.1 cm³/mol. The van der Waals surface area contributed by atoms with Gasteiger partial charge < -0.3 is 16.2 Å². The fourth-order valence-electron chi connectivity index (χ4n) is 2.12. The van der Waals surface area contributed by atoms with Crippen LogP contribution in [0.25, 0.3) is 0 Å². The first-order chi connectivity index (χ1) is 8.87. The van der Waals surface area contributed by atoms with Crippen LogP contribution in [0, 0.1) is 0 Å². The van der Waals surface area contributed by atoms with Crippen molar-refractivity contribution in [1.82, 2.24) is 0 Å². The molecule has 1 aromatic rings. The van der Waals surface area contributed by atoms with Gasteiger partial charge in [0.15, 0.2) is 0 Å². The van der Waals surface area contributed by atoms with E-state index in [1.165, 1.54) is 12.1 Å². The first kappa shape index (κ1) is 13.7. The summed E-state index contributed by atoms with van der Waals surface area (Å²) in [5, 5.41) is 12.2. The van der Waals surface area contributed by atoms with E-state index in [-0.39, 0.29) is 23.1 Å². The SMILES string of the molecule is Nc1ccc(C(=O)O)c(NC2CCS(=O)(=O)CC2)c1. The van der Waals surface area contributed by atoms with E-state index in [4.69, 9.17) is 10.8 Å². The Morgan fingerprint density at radius 3 is 2.53 bits per heavy atom. The fourth-order valence-corrected chi connectivity index (χ4v) is 3.61. The number of aromatic carboxylic acids is 1. The van der Waals surface area contributed by atoms with Crippen LogP contribution in [0.1, 0.15) is 23.2 Å². The van der Waals surface area contributed by atoms with Gasteiger partial charge in [-0.2, -0.15) is 0 Å². The minimum Gasteiger partial charge on any atom is -0.478 e.